The second-order valence-corrected chi connectivity index (χ2v) is 6.34. The fourth-order valence-electron chi connectivity index (χ4n) is 3.52. The lowest BCUT2D eigenvalue weighted by atomic mass is 9.92. The number of non-ortho nitro benzene ring substituents is 1. The number of benzene rings is 1. The van der Waals surface area contributed by atoms with E-state index in [4.69, 9.17) is 4.74 Å². The molecule has 1 aromatic rings. The van der Waals surface area contributed by atoms with Crippen molar-refractivity contribution in [2.24, 2.45) is 11.3 Å². The Balaban J connectivity index is 1.63. The van der Waals surface area contributed by atoms with Gasteiger partial charge in [-0.05, 0) is 43.8 Å². The number of methoxy groups -OCH3 is 1. The van der Waals surface area contributed by atoms with Crippen LogP contribution in [0.4, 0.5) is 5.69 Å². The molecule has 2 N–H and O–H groups in total. The molecule has 1 unspecified atom stereocenters. The Kier molecular flexibility index (Phi) is 4.21. The number of nitro groups is 1. The van der Waals surface area contributed by atoms with Gasteiger partial charge in [0.25, 0.3) is 5.69 Å². The molecule has 2 aliphatic rings. The van der Waals surface area contributed by atoms with Gasteiger partial charge in [0.15, 0.2) is 0 Å². The van der Waals surface area contributed by atoms with Gasteiger partial charge < -0.3 is 15.4 Å². The van der Waals surface area contributed by atoms with Gasteiger partial charge in [0.1, 0.15) is 5.75 Å². The molecule has 2 fully saturated rings. The molecule has 0 bridgehead atoms. The summed E-state index contributed by atoms with van der Waals surface area (Å²) in [5.41, 5.74) is 0.800. The van der Waals surface area contributed by atoms with E-state index in [0.29, 0.717) is 11.3 Å². The lowest BCUT2D eigenvalue weighted by Crippen LogP contribution is -2.33. The molecule has 1 saturated carbocycles. The summed E-state index contributed by atoms with van der Waals surface area (Å²) in [4.78, 5) is 22.8. The second-order valence-electron chi connectivity index (χ2n) is 6.34. The molecule has 23 heavy (non-hydrogen) atoms. The molecule has 7 nitrogen and oxygen atoms in total. The van der Waals surface area contributed by atoms with E-state index in [2.05, 4.69) is 10.6 Å². The summed E-state index contributed by atoms with van der Waals surface area (Å²) in [6, 6.07) is 4.41. The quantitative estimate of drug-likeness (QED) is 0.635. The third-order valence-electron chi connectivity index (χ3n) is 5.03. The Morgan fingerprint density at radius 1 is 1.48 bits per heavy atom. The summed E-state index contributed by atoms with van der Waals surface area (Å²) in [6.07, 6.45) is 3.04. The highest BCUT2D eigenvalue weighted by molar-refractivity contribution is 5.82. The van der Waals surface area contributed by atoms with E-state index in [0.717, 1.165) is 32.4 Å². The van der Waals surface area contributed by atoms with Crippen molar-refractivity contribution in [2.75, 3.05) is 20.2 Å². The Morgan fingerprint density at radius 2 is 2.22 bits per heavy atom. The number of piperidine rings is 1. The average molecular weight is 319 g/mol. The van der Waals surface area contributed by atoms with E-state index in [1.165, 1.54) is 19.2 Å². The number of hydrogen-bond acceptors (Lipinski definition) is 5. The molecule has 3 rings (SSSR count). The number of rotatable bonds is 5. The standard InChI is InChI=1S/C16H21N3O4/c1-23-14-3-2-12(19(21)22)8-11(14)10-18-15(20)13-9-16(13)4-6-17-7-5-16/h2-3,8,13,17H,4-7,9-10H2,1H3,(H,18,20). The molecule has 1 aliphatic heterocycles. The van der Waals surface area contributed by atoms with E-state index in [9.17, 15) is 14.9 Å². The van der Waals surface area contributed by atoms with E-state index in [-0.39, 0.29) is 29.5 Å². The second kappa shape index (κ2) is 6.16. The average Bonchev–Trinajstić information content (AvgIpc) is 3.26. The summed E-state index contributed by atoms with van der Waals surface area (Å²) < 4.78 is 5.22. The number of nitrogens with one attached hydrogen (secondary N) is 2. The SMILES string of the molecule is COc1ccc([N+](=O)[O-])cc1CNC(=O)C1CC12CCNCC2. The predicted molar refractivity (Wildman–Crippen MR) is 84.1 cm³/mol. The molecule has 0 radical (unpaired) electrons. The molecule has 1 aliphatic carbocycles. The summed E-state index contributed by atoms with van der Waals surface area (Å²) >= 11 is 0. The highest BCUT2D eigenvalue weighted by atomic mass is 16.6. The lowest BCUT2D eigenvalue weighted by molar-refractivity contribution is -0.384. The molecule has 7 heteroatoms. The normalized spacial score (nSPS) is 21.7. The first kappa shape index (κ1) is 15.7. The van der Waals surface area contributed by atoms with Crippen LogP contribution in [0.3, 0.4) is 0 Å². The van der Waals surface area contributed by atoms with Crippen molar-refractivity contribution in [1.82, 2.24) is 10.6 Å². The summed E-state index contributed by atoms with van der Waals surface area (Å²) in [5.74, 6) is 0.665. The molecule has 1 saturated heterocycles. The summed E-state index contributed by atoms with van der Waals surface area (Å²) in [5, 5.41) is 17.1. The predicted octanol–water partition coefficient (Wildman–Crippen LogP) is 1.61. The first-order valence-corrected chi connectivity index (χ1v) is 7.85. The zero-order chi connectivity index (χ0) is 16.4. The Labute approximate surface area is 134 Å². The minimum atomic E-state index is -0.449. The van der Waals surface area contributed by atoms with Gasteiger partial charge in [-0.15, -0.1) is 0 Å². The van der Waals surface area contributed by atoms with Gasteiger partial charge in [-0.3, -0.25) is 14.9 Å². The van der Waals surface area contributed by atoms with Crippen LogP contribution in [-0.2, 0) is 11.3 Å². The van der Waals surface area contributed by atoms with Crippen molar-refractivity contribution >= 4 is 11.6 Å². The smallest absolute Gasteiger partial charge is 0.270 e. The largest absolute Gasteiger partial charge is 0.496 e. The van der Waals surface area contributed by atoms with Gasteiger partial charge in [0.2, 0.25) is 5.91 Å². The summed E-state index contributed by atoms with van der Waals surface area (Å²) in [7, 11) is 1.51. The number of nitrogens with zero attached hydrogens (tertiary/aromatic N) is 1. The maximum Gasteiger partial charge on any atom is 0.270 e. The Hall–Kier alpha value is -2.15. The van der Waals surface area contributed by atoms with Crippen LogP contribution in [0.2, 0.25) is 0 Å². The minimum Gasteiger partial charge on any atom is -0.496 e. The van der Waals surface area contributed by atoms with E-state index >= 15 is 0 Å². The maximum absolute atomic E-state index is 12.4. The van der Waals surface area contributed by atoms with Gasteiger partial charge in [-0.25, -0.2) is 0 Å². The number of carbonyl (C=O) groups is 1. The van der Waals surface area contributed by atoms with E-state index < -0.39 is 4.92 Å². The van der Waals surface area contributed by atoms with Crippen molar-refractivity contribution in [1.29, 1.82) is 0 Å². The van der Waals surface area contributed by atoms with Crippen LogP contribution < -0.4 is 15.4 Å². The van der Waals surface area contributed by atoms with Gasteiger partial charge in [-0.2, -0.15) is 0 Å². The number of carbonyl (C=O) groups excluding carboxylic acids is 1. The van der Waals surface area contributed by atoms with Crippen LogP contribution in [0.25, 0.3) is 0 Å². The van der Waals surface area contributed by atoms with Crippen LogP contribution in [0.5, 0.6) is 5.75 Å². The first-order chi connectivity index (χ1) is 11.1. The topological polar surface area (TPSA) is 93.5 Å². The molecular formula is C16H21N3O4. The van der Waals surface area contributed by atoms with Crippen LogP contribution in [-0.4, -0.2) is 31.0 Å². The summed E-state index contributed by atoms with van der Waals surface area (Å²) in [6.45, 7) is 2.19. The fraction of sp³-hybridized carbons (Fsp3) is 0.562. The molecular weight excluding hydrogens is 298 g/mol. The molecule has 0 aromatic heterocycles. The lowest BCUT2D eigenvalue weighted by Gasteiger charge is -2.23. The van der Waals surface area contributed by atoms with Crippen LogP contribution in [0, 0.1) is 21.4 Å². The molecule has 1 spiro atoms. The zero-order valence-corrected chi connectivity index (χ0v) is 13.1. The van der Waals surface area contributed by atoms with Gasteiger partial charge >= 0.3 is 0 Å². The number of nitro benzene ring substituents is 1. The van der Waals surface area contributed by atoms with Crippen molar-refractivity contribution in [3.05, 3.63) is 33.9 Å². The molecule has 1 aromatic carbocycles. The Morgan fingerprint density at radius 3 is 2.87 bits per heavy atom. The van der Waals surface area contributed by atoms with E-state index in [1.807, 2.05) is 0 Å². The van der Waals surface area contributed by atoms with Crippen molar-refractivity contribution in [3.63, 3.8) is 0 Å². The van der Waals surface area contributed by atoms with Crippen molar-refractivity contribution in [3.8, 4) is 5.75 Å². The minimum absolute atomic E-state index is 0.00343. The number of ether oxygens (including phenoxy) is 1. The van der Waals surface area contributed by atoms with E-state index in [1.54, 1.807) is 6.07 Å². The van der Waals surface area contributed by atoms with Crippen molar-refractivity contribution < 1.29 is 14.5 Å². The van der Waals surface area contributed by atoms with Gasteiger partial charge in [0, 0.05) is 30.2 Å². The number of hydrogen-bond donors (Lipinski definition) is 2. The van der Waals surface area contributed by atoms with Crippen LogP contribution in [0.15, 0.2) is 18.2 Å². The van der Waals surface area contributed by atoms with Crippen molar-refractivity contribution in [2.45, 2.75) is 25.8 Å². The molecule has 1 amide bonds. The highest BCUT2D eigenvalue weighted by Gasteiger charge is 2.57. The maximum atomic E-state index is 12.4. The molecule has 124 valence electrons. The van der Waals surface area contributed by atoms with Crippen LogP contribution in [0.1, 0.15) is 24.8 Å². The molecule has 1 atom stereocenters. The third kappa shape index (κ3) is 3.14. The number of amides is 1. The third-order valence-corrected chi connectivity index (χ3v) is 5.03. The van der Waals surface area contributed by atoms with Gasteiger partial charge in [0.05, 0.1) is 12.0 Å². The highest BCUT2D eigenvalue weighted by Crippen LogP contribution is 2.58. The zero-order valence-electron chi connectivity index (χ0n) is 13.1. The molecule has 1 heterocycles. The first-order valence-electron chi connectivity index (χ1n) is 7.85. The van der Waals surface area contributed by atoms with Crippen LogP contribution >= 0.6 is 0 Å². The van der Waals surface area contributed by atoms with Gasteiger partial charge in [-0.1, -0.05) is 0 Å². The fourth-order valence-corrected chi connectivity index (χ4v) is 3.52. The monoisotopic (exact) mass is 319 g/mol. The Bertz CT molecular complexity index is 626.